The van der Waals surface area contributed by atoms with Crippen LogP contribution < -0.4 is 5.32 Å². The molecule has 1 fully saturated rings. The third-order valence-electron chi connectivity index (χ3n) is 3.77. The van der Waals surface area contributed by atoms with Gasteiger partial charge >= 0.3 is 6.18 Å². The van der Waals surface area contributed by atoms with E-state index in [0.29, 0.717) is 23.4 Å². The van der Waals surface area contributed by atoms with E-state index in [1.54, 1.807) is 7.05 Å². The Kier molecular flexibility index (Phi) is 2.54. The molecule has 0 bridgehead atoms. The van der Waals surface area contributed by atoms with E-state index in [2.05, 4.69) is 10.3 Å². The number of nitrogens with zero attached hydrogens (tertiary/aromatic N) is 1. The number of pyridine rings is 1. The molecule has 0 atom stereocenters. The molecule has 3 rings (SSSR count). The molecule has 2 aliphatic carbocycles. The number of hydrogen-bond donors (Lipinski definition) is 1. The molecule has 2 aliphatic rings. The molecule has 98 valence electrons. The molecule has 5 heteroatoms. The Morgan fingerprint density at radius 3 is 2.50 bits per heavy atom. The second-order valence-electron chi connectivity index (χ2n) is 5.05. The van der Waals surface area contributed by atoms with Crippen LogP contribution in [0.3, 0.4) is 0 Å². The van der Waals surface area contributed by atoms with Crippen molar-refractivity contribution in [3.05, 3.63) is 22.5 Å². The topological polar surface area (TPSA) is 24.9 Å². The number of rotatable bonds is 2. The summed E-state index contributed by atoms with van der Waals surface area (Å²) in [6.45, 7) is 0. The first kappa shape index (κ1) is 11.8. The Morgan fingerprint density at radius 2 is 1.94 bits per heavy atom. The lowest BCUT2D eigenvalue weighted by molar-refractivity contribution is -0.141. The highest BCUT2D eigenvalue weighted by Crippen LogP contribution is 2.50. The van der Waals surface area contributed by atoms with Crippen LogP contribution in [0.4, 0.5) is 18.9 Å². The molecular formula is C13H15F3N2. The van der Waals surface area contributed by atoms with Crippen molar-refractivity contribution < 1.29 is 13.2 Å². The van der Waals surface area contributed by atoms with Gasteiger partial charge in [-0.1, -0.05) is 0 Å². The summed E-state index contributed by atoms with van der Waals surface area (Å²) >= 11 is 0. The molecule has 1 heterocycles. The molecule has 0 aliphatic heterocycles. The number of aromatic nitrogens is 1. The Hall–Kier alpha value is -1.26. The Bertz CT molecular complexity index is 490. The predicted molar refractivity (Wildman–Crippen MR) is 62.8 cm³/mol. The van der Waals surface area contributed by atoms with Crippen molar-refractivity contribution in [2.24, 2.45) is 0 Å². The van der Waals surface area contributed by atoms with Crippen LogP contribution in [0.2, 0.25) is 0 Å². The zero-order valence-electron chi connectivity index (χ0n) is 10.2. The van der Waals surface area contributed by atoms with Crippen molar-refractivity contribution in [1.82, 2.24) is 4.98 Å². The lowest BCUT2D eigenvalue weighted by Crippen LogP contribution is -2.16. The fourth-order valence-corrected chi connectivity index (χ4v) is 2.87. The number of aryl methyl sites for hydroxylation is 1. The molecule has 0 radical (unpaired) electrons. The number of fused-ring (bicyclic) bond motifs is 1. The highest BCUT2D eigenvalue weighted by atomic mass is 19.4. The summed E-state index contributed by atoms with van der Waals surface area (Å²) in [7, 11) is 1.71. The highest BCUT2D eigenvalue weighted by Gasteiger charge is 2.43. The van der Waals surface area contributed by atoms with Crippen molar-refractivity contribution in [3.63, 3.8) is 0 Å². The minimum Gasteiger partial charge on any atom is -0.388 e. The van der Waals surface area contributed by atoms with Gasteiger partial charge in [0.2, 0.25) is 0 Å². The smallest absolute Gasteiger partial charge is 0.388 e. The summed E-state index contributed by atoms with van der Waals surface area (Å²) in [5.41, 5.74) is 2.09. The second kappa shape index (κ2) is 3.87. The predicted octanol–water partition coefficient (Wildman–Crippen LogP) is 3.51. The molecule has 2 nitrogen and oxygen atoms in total. The summed E-state index contributed by atoms with van der Waals surface area (Å²) in [6, 6.07) is 0. The monoisotopic (exact) mass is 256 g/mol. The Labute approximate surface area is 104 Å². The maximum atomic E-state index is 13.1. The van der Waals surface area contributed by atoms with Crippen molar-refractivity contribution >= 4 is 5.69 Å². The number of anilines is 1. The molecule has 0 amide bonds. The lowest BCUT2D eigenvalue weighted by atomic mass is 10.0. The van der Waals surface area contributed by atoms with Gasteiger partial charge in [-0.3, -0.25) is 0 Å². The lowest BCUT2D eigenvalue weighted by Gasteiger charge is -2.19. The molecule has 18 heavy (non-hydrogen) atoms. The quantitative estimate of drug-likeness (QED) is 0.875. The van der Waals surface area contributed by atoms with Crippen LogP contribution >= 0.6 is 0 Å². The SMILES string of the molecule is CNc1c2c(nc(C(F)(F)F)c1C1CC1)CCC2. The van der Waals surface area contributed by atoms with Crippen LogP contribution in [-0.2, 0) is 19.0 Å². The molecule has 0 aromatic carbocycles. The third kappa shape index (κ3) is 1.76. The summed E-state index contributed by atoms with van der Waals surface area (Å²) in [6.07, 6.45) is -0.242. The van der Waals surface area contributed by atoms with Crippen LogP contribution in [0.15, 0.2) is 0 Å². The number of alkyl halides is 3. The number of halogens is 3. The summed E-state index contributed by atoms with van der Waals surface area (Å²) in [4.78, 5) is 3.93. The molecular weight excluding hydrogens is 241 g/mol. The fourth-order valence-electron chi connectivity index (χ4n) is 2.87. The summed E-state index contributed by atoms with van der Waals surface area (Å²) in [5, 5.41) is 2.99. The standard InChI is InChI=1S/C13H15F3N2/c1-17-11-8-3-2-4-9(8)18-12(13(14,15)16)10(11)7-5-6-7/h7H,2-6H2,1H3,(H,17,18). The van der Waals surface area contributed by atoms with Gasteiger partial charge < -0.3 is 5.32 Å². The van der Waals surface area contributed by atoms with Gasteiger partial charge in [-0.2, -0.15) is 13.2 Å². The average molecular weight is 256 g/mol. The van der Waals surface area contributed by atoms with Gasteiger partial charge in [0.1, 0.15) is 5.69 Å². The zero-order chi connectivity index (χ0) is 12.9. The molecule has 1 saturated carbocycles. The third-order valence-corrected chi connectivity index (χ3v) is 3.77. The normalized spacial score (nSPS) is 18.9. The van der Waals surface area contributed by atoms with Crippen molar-refractivity contribution in [2.45, 2.75) is 44.2 Å². The zero-order valence-corrected chi connectivity index (χ0v) is 10.2. The van der Waals surface area contributed by atoms with Gasteiger partial charge in [0.25, 0.3) is 0 Å². The van der Waals surface area contributed by atoms with Gasteiger partial charge in [-0.15, -0.1) is 0 Å². The minimum atomic E-state index is -4.35. The number of nitrogens with one attached hydrogen (secondary N) is 1. The van der Waals surface area contributed by atoms with Crippen LogP contribution in [0.5, 0.6) is 0 Å². The molecule has 1 aromatic rings. The molecule has 0 saturated heterocycles. The van der Waals surface area contributed by atoms with Crippen LogP contribution in [0, 0.1) is 0 Å². The van der Waals surface area contributed by atoms with E-state index in [1.807, 2.05) is 0 Å². The molecule has 0 unspecified atom stereocenters. The summed E-state index contributed by atoms with van der Waals surface area (Å²) < 4.78 is 39.4. The van der Waals surface area contributed by atoms with Gasteiger partial charge in [0, 0.05) is 24.0 Å². The van der Waals surface area contributed by atoms with Crippen LogP contribution in [-0.4, -0.2) is 12.0 Å². The maximum absolute atomic E-state index is 13.1. The fraction of sp³-hybridized carbons (Fsp3) is 0.615. The van der Waals surface area contributed by atoms with Gasteiger partial charge in [0.15, 0.2) is 0 Å². The second-order valence-corrected chi connectivity index (χ2v) is 5.05. The highest BCUT2D eigenvalue weighted by molar-refractivity contribution is 5.64. The first-order chi connectivity index (χ1) is 8.52. The van der Waals surface area contributed by atoms with Crippen LogP contribution in [0.1, 0.15) is 47.7 Å². The molecule has 1 aromatic heterocycles. The Morgan fingerprint density at radius 1 is 1.22 bits per heavy atom. The molecule has 1 N–H and O–H groups in total. The first-order valence-electron chi connectivity index (χ1n) is 6.33. The van der Waals surface area contributed by atoms with E-state index >= 15 is 0 Å². The van der Waals surface area contributed by atoms with Crippen molar-refractivity contribution in [3.8, 4) is 0 Å². The van der Waals surface area contributed by atoms with E-state index in [-0.39, 0.29) is 5.92 Å². The van der Waals surface area contributed by atoms with Gasteiger partial charge in [-0.25, -0.2) is 4.98 Å². The van der Waals surface area contributed by atoms with E-state index < -0.39 is 11.9 Å². The van der Waals surface area contributed by atoms with Crippen LogP contribution in [0.25, 0.3) is 0 Å². The Balaban J connectivity index is 2.24. The summed E-state index contributed by atoms with van der Waals surface area (Å²) in [5.74, 6) is 0.0440. The van der Waals surface area contributed by atoms with E-state index in [9.17, 15) is 13.2 Å². The molecule has 0 spiro atoms. The van der Waals surface area contributed by atoms with E-state index in [0.717, 1.165) is 31.2 Å². The van der Waals surface area contributed by atoms with E-state index in [1.165, 1.54) is 0 Å². The van der Waals surface area contributed by atoms with E-state index in [4.69, 9.17) is 0 Å². The van der Waals surface area contributed by atoms with Gasteiger partial charge in [0.05, 0.1) is 0 Å². The minimum absolute atomic E-state index is 0.0440. The maximum Gasteiger partial charge on any atom is 0.433 e. The van der Waals surface area contributed by atoms with Crippen molar-refractivity contribution in [2.75, 3.05) is 12.4 Å². The average Bonchev–Trinajstić information content (AvgIpc) is 3.03. The van der Waals surface area contributed by atoms with Gasteiger partial charge in [-0.05, 0) is 43.6 Å². The first-order valence-corrected chi connectivity index (χ1v) is 6.33. The largest absolute Gasteiger partial charge is 0.433 e. The number of hydrogen-bond acceptors (Lipinski definition) is 2. The van der Waals surface area contributed by atoms with Crippen molar-refractivity contribution in [1.29, 1.82) is 0 Å².